The molecule has 1 aliphatic heterocycles. The Labute approximate surface area is 175 Å². The number of rotatable bonds is 6. The van der Waals surface area contributed by atoms with Gasteiger partial charge in [0.2, 0.25) is 0 Å². The quantitative estimate of drug-likeness (QED) is 0.400. The van der Waals surface area contributed by atoms with E-state index in [-0.39, 0.29) is 29.3 Å². The SMILES string of the molecule is CO[C@]1(C)CCC[C@]2(C)CC3OC(=O)C(CNCCC4=CCCCC4)C3C[C@]21O. The molecule has 2 N–H and O–H groups in total. The molecule has 0 aromatic heterocycles. The molecule has 0 amide bonds. The van der Waals surface area contributed by atoms with E-state index in [1.54, 1.807) is 12.7 Å². The second kappa shape index (κ2) is 7.97. The topological polar surface area (TPSA) is 67.8 Å². The number of allylic oxidation sites excluding steroid dienone is 1. The molecule has 0 radical (unpaired) electrons. The van der Waals surface area contributed by atoms with E-state index in [0.717, 1.165) is 38.6 Å². The molecule has 2 saturated carbocycles. The number of methoxy groups -OCH3 is 1. The number of carbonyl (C=O) groups excluding carboxylic acids is 1. The lowest BCUT2D eigenvalue weighted by molar-refractivity contribution is -0.270. The summed E-state index contributed by atoms with van der Waals surface area (Å²) in [5.74, 6) is -0.194. The summed E-state index contributed by atoms with van der Waals surface area (Å²) in [5, 5.41) is 15.5. The summed E-state index contributed by atoms with van der Waals surface area (Å²) < 4.78 is 11.7. The third-order valence-corrected chi connectivity index (χ3v) is 8.83. The van der Waals surface area contributed by atoms with Crippen LogP contribution in [0.5, 0.6) is 0 Å². The van der Waals surface area contributed by atoms with Crippen LogP contribution in [-0.4, -0.2) is 48.6 Å². The largest absolute Gasteiger partial charge is 0.462 e. The van der Waals surface area contributed by atoms with E-state index < -0.39 is 11.2 Å². The average molecular weight is 406 g/mol. The van der Waals surface area contributed by atoms with Crippen LogP contribution in [0.2, 0.25) is 0 Å². The van der Waals surface area contributed by atoms with Crippen LogP contribution in [0.3, 0.4) is 0 Å². The normalized spacial score (nSPS) is 44.6. The molecule has 164 valence electrons. The van der Waals surface area contributed by atoms with E-state index >= 15 is 0 Å². The molecular weight excluding hydrogens is 366 g/mol. The minimum Gasteiger partial charge on any atom is -0.462 e. The lowest BCUT2D eigenvalue weighted by atomic mass is 9.49. The Morgan fingerprint density at radius 2 is 2.07 bits per heavy atom. The fraction of sp³-hybridized carbons (Fsp3) is 0.875. The first-order valence-electron chi connectivity index (χ1n) is 11.7. The number of fused-ring (bicyclic) bond motifs is 2. The first kappa shape index (κ1) is 21.3. The van der Waals surface area contributed by atoms with E-state index in [4.69, 9.17) is 9.47 Å². The molecular formula is C24H39NO4. The lowest BCUT2D eigenvalue weighted by Gasteiger charge is -2.62. The van der Waals surface area contributed by atoms with Gasteiger partial charge >= 0.3 is 5.97 Å². The second-order valence-corrected chi connectivity index (χ2v) is 10.4. The molecule has 3 unspecified atom stereocenters. The molecule has 29 heavy (non-hydrogen) atoms. The molecule has 3 fully saturated rings. The van der Waals surface area contributed by atoms with Crippen molar-refractivity contribution in [3.63, 3.8) is 0 Å². The molecule has 4 aliphatic rings. The molecule has 6 atom stereocenters. The summed E-state index contributed by atoms with van der Waals surface area (Å²) in [7, 11) is 1.71. The van der Waals surface area contributed by atoms with Crippen LogP contribution in [0.25, 0.3) is 0 Å². The van der Waals surface area contributed by atoms with E-state index in [0.29, 0.717) is 13.0 Å². The fourth-order valence-electron chi connectivity index (χ4n) is 6.75. The number of aliphatic hydroxyl groups is 1. The summed E-state index contributed by atoms with van der Waals surface area (Å²) in [5.41, 5.74) is -0.209. The zero-order valence-corrected chi connectivity index (χ0v) is 18.5. The van der Waals surface area contributed by atoms with Crippen LogP contribution in [0, 0.1) is 17.3 Å². The Kier molecular flexibility index (Phi) is 5.86. The first-order chi connectivity index (χ1) is 13.8. The summed E-state index contributed by atoms with van der Waals surface area (Å²) >= 11 is 0. The Hall–Kier alpha value is -0.910. The molecule has 0 aromatic rings. The van der Waals surface area contributed by atoms with Crippen molar-refractivity contribution >= 4 is 5.97 Å². The standard InChI is InChI=1S/C24H39NO4/c1-22-11-7-12-23(2,28-3)24(22,27)14-18-19(21(26)29-20(18)15-22)16-25-13-10-17-8-5-4-6-9-17/h8,18-20,25,27H,4-7,9-16H2,1-3H3/t18?,19?,20?,22-,23-,24+/m1/s1. The predicted molar refractivity (Wildman–Crippen MR) is 112 cm³/mol. The average Bonchev–Trinajstić information content (AvgIpc) is 2.99. The third kappa shape index (κ3) is 3.57. The molecule has 0 bridgehead atoms. The summed E-state index contributed by atoms with van der Waals surface area (Å²) in [4.78, 5) is 12.7. The Bertz CT molecular complexity index is 663. The van der Waals surface area contributed by atoms with Gasteiger partial charge in [0.15, 0.2) is 0 Å². The Morgan fingerprint density at radius 3 is 2.79 bits per heavy atom. The summed E-state index contributed by atoms with van der Waals surface area (Å²) in [6.45, 7) is 5.76. The Morgan fingerprint density at radius 1 is 1.24 bits per heavy atom. The van der Waals surface area contributed by atoms with Gasteiger partial charge in [0, 0.05) is 25.0 Å². The van der Waals surface area contributed by atoms with Gasteiger partial charge in [-0.25, -0.2) is 0 Å². The molecule has 0 aromatic carbocycles. The maximum absolute atomic E-state index is 12.7. The van der Waals surface area contributed by atoms with E-state index in [9.17, 15) is 9.90 Å². The van der Waals surface area contributed by atoms with E-state index in [2.05, 4.69) is 18.3 Å². The number of ether oxygens (including phenoxy) is 2. The fourth-order valence-corrected chi connectivity index (χ4v) is 6.75. The van der Waals surface area contributed by atoms with Crippen molar-refractivity contribution in [2.75, 3.05) is 20.2 Å². The van der Waals surface area contributed by atoms with Crippen molar-refractivity contribution < 1.29 is 19.4 Å². The highest BCUT2D eigenvalue weighted by Crippen LogP contribution is 2.61. The van der Waals surface area contributed by atoms with Crippen LogP contribution < -0.4 is 5.32 Å². The van der Waals surface area contributed by atoms with Crippen LogP contribution in [0.15, 0.2) is 11.6 Å². The van der Waals surface area contributed by atoms with Gasteiger partial charge in [-0.3, -0.25) is 4.79 Å². The highest BCUT2D eigenvalue weighted by atomic mass is 16.6. The number of esters is 1. The molecule has 1 saturated heterocycles. The third-order valence-electron chi connectivity index (χ3n) is 8.83. The van der Waals surface area contributed by atoms with Crippen LogP contribution in [0.4, 0.5) is 0 Å². The molecule has 1 heterocycles. The van der Waals surface area contributed by atoms with Crippen LogP contribution in [0.1, 0.15) is 78.1 Å². The van der Waals surface area contributed by atoms with Crippen LogP contribution in [-0.2, 0) is 14.3 Å². The molecule has 4 rings (SSSR count). The van der Waals surface area contributed by atoms with Crippen molar-refractivity contribution in [2.24, 2.45) is 17.3 Å². The first-order valence-corrected chi connectivity index (χ1v) is 11.7. The van der Waals surface area contributed by atoms with Crippen molar-refractivity contribution in [1.82, 2.24) is 5.32 Å². The van der Waals surface area contributed by atoms with Gasteiger partial charge in [-0.2, -0.15) is 0 Å². The van der Waals surface area contributed by atoms with Gasteiger partial charge in [-0.15, -0.1) is 0 Å². The maximum Gasteiger partial charge on any atom is 0.310 e. The number of carbonyl (C=O) groups is 1. The predicted octanol–water partition coefficient (Wildman–Crippen LogP) is 3.74. The van der Waals surface area contributed by atoms with Crippen molar-refractivity contribution in [1.29, 1.82) is 0 Å². The van der Waals surface area contributed by atoms with E-state index in [1.165, 1.54) is 25.7 Å². The monoisotopic (exact) mass is 405 g/mol. The van der Waals surface area contributed by atoms with Gasteiger partial charge in [-0.05, 0) is 77.7 Å². The highest BCUT2D eigenvalue weighted by Gasteiger charge is 2.67. The van der Waals surface area contributed by atoms with E-state index in [1.807, 2.05) is 6.92 Å². The minimum atomic E-state index is -0.923. The summed E-state index contributed by atoms with van der Waals surface area (Å²) in [6.07, 6.45) is 12.6. The lowest BCUT2D eigenvalue weighted by Crippen LogP contribution is -2.69. The zero-order chi connectivity index (χ0) is 20.7. The van der Waals surface area contributed by atoms with Crippen molar-refractivity contribution in [3.8, 4) is 0 Å². The summed E-state index contributed by atoms with van der Waals surface area (Å²) in [6, 6.07) is 0. The smallest absolute Gasteiger partial charge is 0.310 e. The minimum absolute atomic E-state index is 0.0644. The highest BCUT2D eigenvalue weighted by molar-refractivity contribution is 5.75. The van der Waals surface area contributed by atoms with Gasteiger partial charge in [0.25, 0.3) is 0 Å². The number of hydrogen-bond donors (Lipinski definition) is 2. The number of nitrogens with one attached hydrogen (secondary N) is 1. The van der Waals surface area contributed by atoms with Crippen molar-refractivity contribution in [3.05, 3.63) is 11.6 Å². The van der Waals surface area contributed by atoms with Gasteiger partial charge in [-0.1, -0.05) is 18.6 Å². The van der Waals surface area contributed by atoms with Crippen molar-refractivity contribution in [2.45, 2.75) is 95.4 Å². The second-order valence-electron chi connectivity index (χ2n) is 10.4. The van der Waals surface area contributed by atoms with Gasteiger partial charge in [0.05, 0.1) is 17.1 Å². The van der Waals surface area contributed by atoms with Crippen LogP contribution >= 0.6 is 0 Å². The zero-order valence-electron chi connectivity index (χ0n) is 18.5. The Balaban J connectivity index is 1.42. The van der Waals surface area contributed by atoms with Gasteiger partial charge < -0.3 is 19.9 Å². The molecule has 3 aliphatic carbocycles. The molecule has 5 nitrogen and oxygen atoms in total. The maximum atomic E-state index is 12.7. The number of hydrogen-bond acceptors (Lipinski definition) is 5. The molecule has 5 heteroatoms. The van der Waals surface area contributed by atoms with Gasteiger partial charge in [0.1, 0.15) is 6.10 Å². The molecule has 0 spiro atoms.